The minimum atomic E-state index is -0.349. The summed E-state index contributed by atoms with van der Waals surface area (Å²) in [5.41, 5.74) is 3.00. The van der Waals surface area contributed by atoms with Gasteiger partial charge in [-0.15, -0.1) is 0 Å². The van der Waals surface area contributed by atoms with Crippen LogP contribution in [0.2, 0.25) is 0 Å². The van der Waals surface area contributed by atoms with Crippen molar-refractivity contribution >= 4 is 25.1 Å². The zero-order chi connectivity index (χ0) is 24.8. The third kappa shape index (κ3) is 9.36. The van der Waals surface area contributed by atoms with Gasteiger partial charge in [0.1, 0.15) is 0 Å². The Hall–Kier alpha value is -3.18. The van der Waals surface area contributed by atoms with Gasteiger partial charge < -0.3 is 15.5 Å². The number of aryl methyl sites for hydroxylation is 1. The number of amides is 4. The number of nitrogens with zero attached hydrogens (tertiary/aromatic N) is 1. The minimum absolute atomic E-state index is 0.139. The van der Waals surface area contributed by atoms with Gasteiger partial charge in [0.25, 0.3) is 0 Å². The van der Waals surface area contributed by atoms with Gasteiger partial charge in [0.05, 0.1) is 0 Å². The van der Waals surface area contributed by atoms with Crippen LogP contribution in [0, 0.1) is 18.8 Å². The summed E-state index contributed by atoms with van der Waals surface area (Å²) in [6.07, 6.45) is 7.51. The van der Waals surface area contributed by atoms with E-state index in [0.29, 0.717) is 31.5 Å². The lowest BCUT2D eigenvalue weighted by molar-refractivity contribution is -0.126. The van der Waals surface area contributed by atoms with E-state index in [4.69, 9.17) is 0 Å². The van der Waals surface area contributed by atoms with Crippen molar-refractivity contribution in [1.82, 2.24) is 20.9 Å². The smallest absolute Gasteiger partial charge is 0.226 e. The zero-order valence-corrected chi connectivity index (χ0v) is 20.1. The maximum Gasteiger partial charge on any atom is 0.226 e. The molecule has 184 valence electrons. The fourth-order valence-electron chi connectivity index (χ4n) is 4.12. The fourth-order valence-corrected chi connectivity index (χ4v) is 4.12. The molecule has 2 rings (SSSR count). The second-order valence-corrected chi connectivity index (χ2v) is 8.83. The van der Waals surface area contributed by atoms with Crippen molar-refractivity contribution in [3.8, 4) is 11.8 Å². The lowest BCUT2D eigenvalue weighted by Gasteiger charge is -2.28. The SMILES string of the molecule is Cc1ccc(C#CCCN[C@H]2CC[C@@H](NC=O)CC2)cc1CN(C=O)C(C)CCC(=O)NC=O. The van der Waals surface area contributed by atoms with Gasteiger partial charge >= 0.3 is 0 Å². The van der Waals surface area contributed by atoms with E-state index in [1.54, 1.807) is 4.90 Å². The van der Waals surface area contributed by atoms with Crippen molar-refractivity contribution in [3.05, 3.63) is 34.9 Å². The first-order chi connectivity index (χ1) is 16.5. The molecule has 1 aliphatic carbocycles. The molecule has 4 amide bonds. The molecule has 1 aliphatic rings. The second kappa shape index (κ2) is 14.9. The van der Waals surface area contributed by atoms with E-state index >= 15 is 0 Å². The van der Waals surface area contributed by atoms with E-state index in [2.05, 4.69) is 27.8 Å². The molecule has 3 N–H and O–H groups in total. The van der Waals surface area contributed by atoms with Crippen LogP contribution in [0.25, 0.3) is 0 Å². The van der Waals surface area contributed by atoms with Crippen LogP contribution in [0.3, 0.4) is 0 Å². The van der Waals surface area contributed by atoms with Crippen LogP contribution in [-0.2, 0) is 25.7 Å². The molecule has 0 bridgehead atoms. The Morgan fingerprint density at radius 2 is 1.88 bits per heavy atom. The average Bonchev–Trinajstić information content (AvgIpc) is 2.83. The summed E-state index contributed by atoms with van der Waals surface area (Å²) in [4.78, 5) is 45.7. The first-order valence-electron chi connectivity index (χ1n) is 11.9. The van der Waals surface area contributed by atoms with E-state index in [-0.39, 0.29) is 18.4 Å². The van der Waals surface area contributed by atoms with Crippen molar-refractivity contribution in [2.24, 2.45) is 0 Å². The number of imide groups is 1. The van der Waals surface area contributed by atoms with Crippen LogP contribution < -0.4 is 16.0 Å². The van der Waals surface area contributed by atoms with Crippen LogP contribution in [0.5, 0.6) is 0 Å². The predicted molar refractivity (Wildman–Crippen MR) is 130 cm³/mol. The number of rotatable bonds is 13. The maximum atomic E-state index is 11.7. The third-order valence-electron chi connectivity index (χ3n) is 6.36. The molecule has 0 spiro atoms. The number of nitrogens with one attached hydrogen (secondary N) is 3. The molecule has 0 aliphatic heterocycles. The molecule has 0 heterocycles. The molecule has 8 heteroatoms. The molecule has 0 radical (unpaired) electrons. The van der Waals surface area contributed by atoms with E-state index in [1.165, 1.54) is 0 Å². The van der Waals surface area contributed by atoms with Crippen LogP contribution in [0.15, 0.2) is 18.2 Å². The molecule has 0 saturated heterocycles. The summed E-state index contributed by atoms with van der Waals surface area (Å²) in [5.74, 6) is 6.09. The van der Waals surface area contributed by atoms with Gasteiger partial charge in [-0.1, -0.05) is 17.9 Å². The van der Waals surface area contributed by atoms with Crippen molar-refractivity contribution in [1.29, 1.82) is 0 Å². The summed E-state index contributed by atoms with van der Waals surface area (Å²) in [6, 6.07) is 6.66. The van der Waals surface area contributed by atoms with Gasteiger partial charge in [-0.3, -0.25) is 24.5 Å². The van der Waals surface area contributed by atoms with E-state index in [1.807, 2.05) is 32.0 Å². The third-order valence-corrected chi connectivity index (χ3v) is 6.36. The van der Waals surface area contributed by atoms with Crippen molar-refractivity contribution in [2.75, 3.05) is 6.54 Å². The van der Waals surface area contributed by atoms with Crippen LogP contribution >= 0.6 is 0 Å². The van der Waals surface area contributed by atoms with Gasteiger partial charge in [0.2, 0.25) is 25.1 Å². The van der Waals surface area contributed by atoms with E-state index < -0.39 is 0 Å². The normalized spacial score (nSPS) is 18.1. The first kappa shape index (κ1) is 27.1. The highest BCUT2D eigenvalue weighted by Gasteiger charge is 2.19. The van der Waals surface area contributed by atoms with E-state index in [0.717, 1.165) is 68.2 Å². The molecule has 1 aromatic carbocycles. The largest absolute Gasteiger partial charge is 0.356 e. The number of hydrogen-bond donors (Lipinski definition) is 3. The Bertz CT molecular complexity index is 885. The molecule has 1 aromatic rings. The Morgan fingerprint density at radius 1 is 1.15 bits per heavy atom. The van der Waals surface area contributed by atoms with Crippen molar-refractivity contribution in [3.63, 3.8) is 0 Å². The Morgan fingerprint density at radius 3 is 2.56 bits per heavy atom. The summed E-state index contributed by atoms with van der Waals surface area (Å²) >= 11 is 0. The van der Waals surface area contributed by atoms with E-state index in [9.17, 15) is 19.2 Å². The fraction of sp³-hybridized carbons (Fsp3) is 0.538. The Kier molecular flexibility index (Phi) is 11.8. The highest BCUT2D eigenvalue weighted by Crippen LogP contribution is 2.18. The summed E-state index contributed by atoms with van der Waals surface area (Å²) in [6.45, 7) is 5.15. The maximum absolute atomic E-state index is 11.7. The lowest BCUT2D eigenvalue weighted by Crippen LogP contribution is -2.39. The number of carbonyl (C=O) groups excluding carboxylic acids is 4. The van der Waals surface area contributed by atoms with Gasteiger partial charge in [-0.25, -0.2) is 0 Å². The molecule has 1 saturated carbocycles. The van der Waals surface area contributed by atoms with Gasteiger partial charge in [-0.2, -0.15) is 0 Å². The zero-order valence-electron chi connectivity index (χ0n) is 20.1. The molecular formula is C26H36N4O4. The van der Waals surface area contributed by atoms with Crippen molar-refractivity contribution < 1.29 is 19.2 Å². The number of hydrogen-bond acceptors (Lipinski definition) is 5. The number of benzene rings is 1. The monoisotopic (exact) mass is 468 g/mol. The van der Waals surface area contributed by atoms with Crippen molar-refractivity contribution in [2.45, 2.75) is 83.5 Å². The number of carbonyl (C=O) groups is 4. The summed E-state index contributed by atoms with van der Waals surface area (Å²) < 4.78 is 0. The quantitative estimate of drug-likeness (QED) is 0.232. The molecule has 1 unspecified atom stereocenters. The standard InChI is InChI=1S/C26H36N4O4/c1-20-6-8-22(5-3-4-14-27-24-9-11-25(12-10-24)28-17-31)15-23(20)16-30(19-33)21(2)7-13-26(34)29-18-32/h6,8,15,17-19,21,24-25,27H,4,7,9-14,16H2,1-2H3,(H,28,31)(H,29,32,34)/t21?,24-,25+. The topological polar surface area (TPSA) is 108 Å². The highest BCUT2D eigenvalue weighted by atomic mass is 16.2. The minimum Gasteiger partial charge on any atom is -0.356 e. The first-order valence-corrected chi connectivity index (χ1v) is 11.9. The summed E-state index contributed by atoms with van der Waals surface area (Å²) in [5, 5.41) is 8.53. The predicted octanol–water partition coefficient (Wildman–Crippen LogP) is 1.78. The van der Waals surface area contributed by atoms with Crippen LogP contribution in [-0.4, -0.2) is 54.7 Å². The van der Waals surface area contributed by atoms with Gasteiger partial charge in [0, 0.05) is 49.6 Å². The molecule has 0 aromatic heterocycles. The molecule has 34 heavy (non-hydrogen) atoms. The second-order valence-electron chi connectivity index (χ2n) is 8.83. The lowest BCUT2D eigenvalue weighted by atomic mass is 9.91. The van der Waals surface area contributed by atoms with Crippen LogP contribution in [0.4, 0.5) is 0 Å². The van der Waals surface area contributed by atoms with Crippen LogP contribution in [0.1, 0.15) is 68.6 Å². The Balaban J connectivity index is 1.83. The molecule has 1 fully saturated rings. The Labute approximate surface area is 202 Å². The summed E-state index contributed by atoms with van der Waals surface area (Å²) in [7, 11) is 0. The molecule has 8 nitrogen and oxygen atoms in total. The molecular weight excluding hydrogens is 432 g/mol. The average molecular weight is 469 g/mol. The van der Waals surface area contributed by atoms with Gasteiger partial charge in [-0.05, 0) is 69.2 Å². The molecule has 1 atom stereocenters. The van der Waals surface area contributed by atoms with Gasteiger partial charge in [0.15, 0.2) is 0 Å². The highest BCUT2D eigenvalue weighted by molar-refractivity contribution is 5.85.